The van der Waals surface area contributed by atoms with Gasteiger partial charge in [0.15, 0.2) is 0 Å². The van der Waals surface area contributed by atoms with E-state index in [1.807, 2.05) is 49.4 Å². The summed E-state index contributed by atoms with van der Waals surface area (Å²) in [4.78, 5) is 0. The Bertz CT molecular complexity index is 509. The van der Waals surface area contributed by atoms with E-state index < -0.39 is 0 Å². The van der Waals surface area contributed by atoms with E-state index in [0.29, 0.717) is 5.02 Å². The first kappa shape index (κ1) is 11.3. The number of benzene rings is 2. The summed E-state index contributed by atoms with van der Waals surface area (Å²) < 4.78 is 0. The molecule has 1 N–H and O–H groups in total. The molecule has 16 heavy (non-hydrogen) atoms. The summed E-state index contributed by atoms with van der Waals surface area (Å²) in [7, 11) is 0. The predicted molar refractivity (Wildman–Crippen MR) is 70.9 cm³/mol. The molecule has 0 aliphatic rings. The molecule has 0 radical (unpaired) electrons. The first-order valence-electron chi connectivity index (χ1n) is 4.94. The summed E-state index contributed by atoms with van der Waals surface area (Å²) in [6, 6.07) is 13.4. The zero-order valence-electron chi connectivity index (χ0n) is 8.80. The zero-order chi connectivity index (χ0) is 11.5. The molecule has 0 atom stereocenters. The summed E-state index contributed by atoms with van der Waals surface area (Å²) in [5.41, 5.74) is 2.98. The second kappa shape index (κ2) is 4.77. The van der Waals surface area contributed by atoms with E-state index in [9.17, 15) is 0 Å². The summed E-state index contributed by atoms with van der Waals surface area (Å²) in [5, 5.41) is 4.71. The van der Waals surface area contributed by atoms with Crippen molar-refractivity contribution in [3.8, 4) is 0 Å². The number of anilines is 2. The third-order valence-electron chi connectivity index (χ3n) is 2.29. The van der Waals surface area contributed by atoms with Gasteiger partial charge in [-0.3, -0.25) is 0 Å². The monoisotopic (exact) mass is 251 g/mol. The number of aryl methyl sites for hydroxylation is 1. The molecule has 0 spiro atoms. The van der Waals surface area contributed by atoms with Gasteiger partial charge in [0.25, 0.3) is 0 Å². The van der Waals surface area contributed by atoms with Crippen molar-refractivity contribution in [2.75, 3.05) is 5.32 Å². The van der Waals surface area contributed by atoms with Crippen LogP contribution in [0.3, 0.4) is 0 Å². The average Bonchev–Trinajstić information content (AvgIpc) is 2.24. The van der Waals surface area contributed by atoms with Crippen molar-refractivity contribution in [3.63, 3.8) is 0 Å². The lowest BCUT2D eigenvalue weighted by Gasteiger charge is -2.08. The summed E-state index contributed by atoms with van der Waals surface area (Å²) in [6.45, 7) is 1.98. The molecule has 2 rings (SSSR count). The number of halogens is 2. The average molecular weight is 252 g/mol. The van der Waals surface area contributed by atoms with E-state index in [4.69, 9.17) is 23.2 Å². The highest BCUT2D eigenvalue weighted by atomic mass is 35.5. The van der Waals surface area contributed by atoms with Crippen LogP contribution in [0.2, 0.25) is 10.0 Å². The highest BCUT2D eigenvalue weighted by Gasteiger charge is 1.99. The molecule has 0 fully saturated rings. The molecule has 2 aromatic carbocycles. The van der Waals surface area contributed by atoms with Gasteiger partial charge in [0, 0.05) is 21.4 Å². The van der Waals surface area contributed by atoms with Crippen LogP contribution in [0.5, 0.6) is 0 Å². The smallest absolute Gasteiger partial charge is 0.0455 e. The third kappa shape index (κ3) is 2.69. The Kier molecular flexibility index (Phi) is 3.37. The summed E-state index contributed by atoms with van der Waals surface area (Å²) in [6.07, 6.45) is 0. The van der Waals surface area contributed by atoms with Gasteiger partial charge in [-0.15, -0.1) is 0 Å². The Morgan fingerprint density at radius 3 is 2.38 bits per heavy atom. The molecule has 0 heterocycles. The van der Waals surface area contributed by atoms with Crippen molar-refractivity contribution >= 4 is 34.6 Å². The number of rotatable bonds is 2. The van der Waals surface area contributed by atoms with Crippen molar-refractivity contribution in [2.45, 2.75) is 6.92 Å². The van der Waals surface area contributed by atoms with Gasteiger partial charge in [0.2, 0.25) is 0 Å². The van der Waals surface area contributed by atoms with Crippen LogP contribution in [0.4, 0.5) is 11.4 Å². The first-order chi connectivity index (χ1) is 7.65. The van der Waals surface area contributed by atoms with Crippen LogP contribution < -0.4 is 5.32 Å². The molecule has 0 aliphatic heterocycles. The molecule has 0 unspecified atom stereocenters. The molecule has 3 heteroatoms. The molecule has 0 bridgehead atoms. The molecule has 0 amide bonds. The topological polar surface area (TPSA) is 12.0 Å². The molecule has 1 nitrogen and oxygen atoms in total. The van der Waals surface area contributed by atoms with Gasteiger partial charge in [-0.2, -0.15) is 0 Å². The van der Waals surface area contributed by atoms with Crippen molar-refractivity contribution in [2.24, 2.45) is 0 Å². The molecule has 0 aliphatic carbocycles. The number of hydrogen-bond donors (Lipinski definition) is 1. The molecule has 82 valence electrons. The maximum Gasteiger partial charge on any atom is 0.0455 e. The Hall–Kier alpha value is -1.18. The van der Waals surface area contributed by atoms with E-state index >= 15 is 0 Å². The minimum Gasteiger partial charge on any atom is -0.355 e. The van der Waals surface area contributed by atoms with Crippen LogP contribution in [-0.2, 0) is 0 Å². The number of nitrogens with one attached hydrogen (secondary N) is 1. The van der Waals surface area contributed by atoms with Crippen LogP contribution in [0.15, 0.2) is 42.5 Å². The maximum absolute atomic E-state index is 6.05. The van der Waals surface area contributed by atoms with Crippen molar-refractivity contribution < 1.29 is 0 Å². The van der Waals surface area contributed by atoms with Gasteiger partial charge >= 0.3 is 0 Å². The van der Waals surface area contributed by atoms with Crippen molar-refractivity contribution in [1.29, 1.82) is 0 Å². The number of hydrogen-bond acceptors (Lipinski definition) is 1. The lowest BCUT2D eigenvalue weighted by Crippen LogP contribution is -1.90. The normalized spacial score (nSPS) is 10.2. The molecule has 2 aromatic rings. The highest BCUT2D eigenvalue weighted by Crippen LogP contribution is 2.24. The van der Waals surface area contributed by atoms with Gasteiger partial charge in [-0.1, -0.05) is 35.3 Å². The maximum atomic E-state index is 6.05. The van der Waals surface area contributed by atoms with E-state index in [0.717, 1.165) is 22.0 Å². The quantitative estimate of drug-likeness (QED) is 0.788. The minimum absolute atomic E-state index is 0.711. The standard InChI is InChI=1S/C13H11Cl2N/c1-9-5-6-12(8-13(9)15)16-11-4-2-3-10(14)7-11/h2-8,16H,1H3. The van der Waals surface area contributed by atoms with Gasteiger partial charge in [-0.05, 0) is 42.8 Å². The molecule has 0 saturated carbocycles. The summed E-state index contributed by atoms with van der Waals surface area (Å²) in [5.74, 6) is 0. The zero-order valence-corrected chi connectivity index (χ0v) is 10.3. The SMILES string of the molecule is Cc1ccc(Nc2cccc(Cl)c2)cc1Cl. The van der Waals surface area contributed by atoms with Crippen LogP contribution in [0, 0.1) is 6.92 Å². The lowest BCUT2D eigenvalue weighted by molar-refractivity contribution is 1.45. The Morgan fingerprint density at radius 1 is 0.938 bits per heavy atom. The van der Waals surface area contributed by atoms with Gasteiger partial charge in [0.1, 0.15) is 0 Å². The fourth-order valence-corrected chi connectivity index (χ4v) is 1.77. The van der Waals surface area contributed by atoms with Crippen molar-refractivity contribution in [1.82, 2.24) is 0 Å². The van der Waals surface area contributed by atoms with Gasteiger partial charge in [0.05, 0.1) is 0 Å². The Labute approximate surface area is 105 Å². The second-order valence-corrected chi connectivity index (χ2v) is 4.44. The first-order valence-corrected chi connectivity index (χ1v) is 5.69. The molecular formula is C13H11Cl2N. The second-order valence-electron chi connectivity index (χ2n) is 3.60. The Balaban J connectivity index is 2.24. The van der Waals surface area contributed by atoms with Crippen LogP contribution in [0.1, 0.15) is 5.56 Å². The molecule has 0 aromatic heterocycles. The fraction of sp³-hybridized carbons (Fsp3) is 0.0769. The van der Waals surface area contributed by atoms with Crippen LogP contribution in [0.25, 0.3) is 0 Å². The van der Waals surface area contributed by atoms with Crippen LogP contribution >= 0.6 is 23.2 Å². The lowest BCUT2D eigenvalue weighted by atomic mass is 10.2. The fourth-order valence-electron chi connectivity index (χ4n) is 1.40. The minimum atomic E-state index is 0.711. The van der Waals surface area contributed by atoms with Gasteiger partial charge < -0.3 is 5.32 Å². The van der Waals surface area contributed by atoms with E-state index in [2.05, 4.69) is 5.32 Å². The third-order valence-corrected chi connectivity index (χ3v) is 2.93. The van der Waals surface area contributed by atoms with Crippen molar-refractivity contribution in [3.05, 3.63) is 58.1 Å². The van der Waals surface area contributed by atoms with Gasteiger partial charge in [-0.25, -0.2) is 0 Å². The van der Waals surface area contributed by atoms with E-state index in [-0.39, 0.29) is 0 Å². The van der Waals surface area contributed by atoms with E-state index in [1.165, 1.54) is 0 Å². The molecular weight excluding hydrogens is 241 g/mol. The predicted octanol–water partition coefficient (Wildman–Crippen LogP) is 5.05. The molecule has 0 saturated heterocycles. The summed E-state index contributed by atoms with van der Waals surface area (Å²) >= 11 is 11.9. The van der Waals surface area contributed by atoms with Crippen LogP contribution in [-0.4, -0.2) is 0 Å². The van der Waals surface area contributed by atoms with E-state index in [1.54, 1.807) is 0 Å². The largest absolute Gasteiger partial charge is 0.355 e. The Morgan fingerprint density at radius 2 is 1.69 bits per heavy atom. The highest BCUT2D eigenvalue weighted by molar-refractivity contribution is 6.31.